The lowest BCUT2D eigenvalue weighted by atomic mass is 10.1. The van der Waals surface area contributed by atoms with Crippen LogP contribution in [0, 0.1) is 5.82 Å². The summed E-state index contributed by atoms with van der Waals surface area (Å²) in [4.78, 5) is 20.4. The maximum atomic E-state index is 14.4. The van der Waals surface area contributed by atoms with Crippen LogP contribution in [0.25, 0.3) is 6.08 Å². The molecular formula is C24H20FN5O2. The SMILES string of the molecule is O=C(/C=C/c1ccc(Oc2cccnc2)c(F)c1)NC(Cn1cncn1)c1ccccc1. The normalized spacial score (nSPS) is 11.9. The first kappa shape index (κ1) is 20.9. The van der Waals surface area contributed by atoms with Crippen LogP contribution >= 0.6 is 0 Å². The van der Waals surface area contributed by atoms with Crippen LogP contribution in [0.3, 0.4) is 0 Å². The Balaban J connectivity index is 1.42. The summed E-state index contributed by atoms with van der Waals surface area (Å²) in [6.45, 7) is 0.429. The molecule has 1 atom stereocenters. The molecule has 32 heavy (non-hydrogen) atoms. The van der Waals surface area contributed by atoms with Gasteiger partial charge in [0, 0.05) is 12.3 Å². The highest BCUT2D eigenvalue weighted by Gasteiger charge is 2.14. The molecule has 0 aliphatic rings. The lowest BCUT2D eigenvalue weighted by Crippen LogP contribution is -2.30. The van der Waals surface area contributed by atoms with Gasteiger partial charge in [0.15, 0.2) is 11.6 Å². The second kappa shape index (κ2) is 10.1. The number of aromatic nitrogens is 4. The summed E-state index contributed by atoms with van der Waals surface area (Å²) < 4.78 is 21.5. The highest BCUT2D eigenvalue weighted by atomic mass is 19.1. The zero-order valence-electron chi connectivity index (χ0n) is 17.0. The third-order valence-electron chi connectivity index (χ3n) is 4.60. The van der Waals surface area contributed by atoms with Crippen LogP contribution in [0.2, 0.25) is 0 Å². The molecule has 0 aliphatic carbocycles. The number of rotatable bonds is 8. The largest absolute Gasteiger partial charge is 0.453 e. The van der Waals surface area contributed by atoms with Gasteiger partial charge < -0.3 is 10.1 Å². The van der Waals surface area contributed by atoms with Crippen LogP contribution in [-0.2, 0) is 11.3 Å². The Morgan fingerprint density at radius 1 is 1.12 bits per heavy atom. The molecule has 0 bridgehead atoms. The van der Waals surface area contributed by atoms with Crippen LogP contribution < -0.4 is 10.1 Å². The molecule has 1 amide bonds. The predicted molar refractivity (Wildman–Crippen MR) is 117 cm³/mol. The summed E-state index contributed by atoms with van der Waals surface area (Å²) in [5.41, 5.74) is 1.47. The van der Waals surface area contributed by atoms with E-state index >= 15 is 0 Å². The predicted octanol–water partition coefficient (Wildman–Crippen LogP) is 4.18. The van der Waals surface area contributed by atoms with Crippen LogP contribution in [0.4, 0.5) is 4.39 Å². The highest BCUT2D eigenvalue weighted by molar-refractivity contribution is 5.92. The molecule has 1 N–H and O–H groups in total. The molecular weight excluding hydrogens is 409 g/mol. The van der Waals surface area contributed by atoms with Gasteiger partial charge in [-0.15, -0.1) is 0 Å². The first-order valence-electron chi connectivity index (χ1n) is 9.91. The van der Waals surface area contributed by atoms with Crippen LogP contribution in [0.5, 0.6) is 11.5 Å². The van der Waals surface area contributed by atoms with E-state index in [9.17, 15) is 9.18 Å². The van der Waals surface area contributed by atoms with E-state index in [1.807, 2.05) is 30.3 Å². The average molecular weight is 429 g/mol. The van der Waals surface area contributed by atoms with Gasteiger partial charge in [0.1, 0.15) is 18.4 Å². The van der Waals surface area contributed by atoms with Crippen molar-refractivity contribution >= 4 is 12.0 Å². The van der Waals surface area contributed by atoms with Crippen LogP contribution in [0.1, 0.15) is 17.2 Å². The van der Waals surface area contributed by atoms with E-state index in [1.54, 1.807) is 41.5 Å². The highest BCUT2D eigenvalue weighted by Crippen LogP contribution is 2.25. The molecule has 2 aromatic carbocycles. The molecule has 0 saturated heterocycles. The molecule has 0 fully saturated rings. The minimum atomic E-state index is -0.537. The van der Waals surface area contributed by atoms with E-state index in [0.717, 1.165) is 5.56 Å². The van der Waals surface area contributed by atoms with Gasteiger partial charge in [0.2, 0.25) is 5.91 Å². The maximum Gasteiger partial charge on any atom is 0.244 e. The molecule has 0 saturated carbocycles. The number of pyridine rings is 1. The van der Waals surface area contributed by atoms with Crippen molar-refractivity contribution in [2.45, 2.75) is 12.6 Å². The zero-order valence-corrected chi connectivity index (χ0v) is 17.0. The Bertz CT molecular complexity index is 1180. The lowest BCUT2D eigenvalue weighted by molar-refractivity contribution is -0.117. The standard InChI is InChI=1S/C24H20FN5O2/c25-21-13-18(8-10-23(21)32-20-7-4-12-26-14-20)9-11-24(31)29-22(15-30-17-27-16-28-30)19-5-2-1-3-6-19/h1-14,16-17,22H,15H2,(H,29,31)/b11-9+. The number of carbonyl (C=O) groups is 1. The van der Waals surface area contributed by atoms with Crippen molar-refractivity contribution in [2.75, 3.05) is 0 Å². The van der Waals surface area contributed by atoms with Crippen molar-refractivity contribution in [3.63, 3.8) is 0 Å². The van der Waals surface area contributed by atoms with Gasteiger partial charge in [0.05, 0.1) is 18.8 Å². The minimum absolute atomic E-state index is 0.0802. The molecule has 8 heteroatoms. The molecule has 2 heterocycles. The molecule has 0 spiro atoms. The number of nitrogens with one attached hydrogen (secondary N) is 1. The summed E-state index contributed by atoms with van der Waals surface area (Å²) in [6, 6.07) is 17.2. The quantitative estimate of drug-likeness (QED) is 0.425. The zero-order chi connectivity index (χ0) is 22.2. The van der Waals surface area contributed by atoms with E-state index in [-0.39, 0.29) is 17.7 Å². The summed E-state index contributed by atoms with van der Waals surface area (Å²) in [5.74, 6) is -0.329. The average Bonchev–Trinajstić information content (AvgIpc) is 3.33. The molecule has 1 unspecified atom stereocenters. The fourth-order valence-corrected chi connectivity index (χ4v) is 3.06. The number of carbonyl (C=O) groups excluding carboxylic acids is 1. The molecule has 0 radical (unpaired) electrons. The Labute approximate surface area is 184 Å². The van der Waals surface area contributed by atoms with Gasteiger partial charge in [-0.1, -0.05) is 36.4 Å². The first-order valence-corrected chi connectivity index (χ1v) is 9.91. The second-order valence-corrected chi connectivity index (χ2v) is 6.90. The van der Waals surface area contributed by atoms with Gasteiger partial charge in [-0.05, 0) is 41.5 Å². The smallest absolute Gasteiger partial charge is 0.244 e. The fraction of sp³-hybridized carbons (Fsp3) is 0.0833. The van der Waals surface area contributed by atoms with Crippen molar-refractivity contribution in [3.05, 3.63) is 109 Å². The summed E-state index contributed by atoms with van der Waals surface area (Å²) in [7, 11) is 0. The number of hydrogen-bond acceptors (Lipinski definition) is 5. The Hall–Kier alpha value is -4.33. The van der Waals surface area contributed by atoms with Gasteiger partial charge in [-0.2, -0.15) is 5.10 Å². The minimum Gasteiger partial charge on any atom is -0.453 e. The molecule has 2 aromatic heterocycles. The van der Waals surface area contributed by atoms with Crippen molar-refractivity contribution in [2.24, 2.45) is 0 Å². The number of halogens is 1. The monoisotopic (exact) mass is 429 g/mol. The summed E-state index contributed by atoms with van der Waals surface area (Å²) >= 11 is 0. The van der Waals surface area contributed by atoms with Gasteiger partial charge in [-0.3, -0.25) is 14.5 Å². The van der Waals surface area contributed by atoms with Crippen molar-refractivity contribution < 1.29 is 13.9 Å². The molecule has 4 aromatic rings. The third-order valence-corrected chi connectivity index (χ3v) is 4.60. The van der Waals surface area contributed by atoms with Crippen molar-refractivity contribution in [1.29, 1.82) is 0 Å². The topological polar surface area (TPSA) is 81.9 Å². The number of hydrogen-bond donors (Lipinski definition) is 1. The Morgan fingerprint density at radius 3 is 2.72 bits per heavy atom. The summed E-state index contributed by atoms with van der Waals surface area (Å²) in [6.07, 6.45) is 9.06. The van der Waals surface area contributed by atoms with Crippen molar-refractivity contribution in [3.8, 4) is 11.5 Å². The third kappa shape index (κ3) is 5.63. The van der Waals surface area contributed by atoms with Gasteiger partial charge >= 0.3 is 0 Å². The van der Waals surface area contributed by atoms with Gasteiger partial charge in [-0.25, -0.2) is 9.37 Å². The van der Waals surface area contributed by atoms with Crippen LogP contribution in [-0.4, -0.2) is 25.7 Å². The van der Waals surface area contributed by atoms with E-state index < -0.39 is 5.82 Å². The number of benzene rings is 2. The van der Waals surface area contributed by atoms with Crippen LogP contribution in [0.15, 0.2) is 91.8 Å². The lowest BCUT2D eigenvalue weighted by Gasteiger charge is -2.18. The molecule has 4 rings (SSSR count). The molecule has 7 nitrogen and oxygen atoms in total. The fourth-order valence-electron chi connectivity index (χ4n) is 3.06. The van der Waals surface area contributed by atoms with E-state index in [0.29, 0.717) is 17.9 Å². The number of amides is 1. The van der Waals surface area contributed by atoms with E-state index in [4.69, 9.17) is 4.74 Å². The summed E-state index contributed by atoms with van der Waals surface area (Å²) in [5, 5.41) is 7.07. The maximum absolute atomic E-state index is 14.4. The first-order chi connectivity index (χ1) is 15.7. The van der Waals surface area contributed by atoms with E-state index in [2.05, 4.69) is 20.4 Å². The Kier molecular flexibility index (Phi) is 6.62. The molecule has 160 valence electrons. The van der Waals surface area contributed by atoms with Crippen molar-refractivity contribution in [1.82, 2.24) is 25.1 Å². The van der Waals surface area contributed by atoms with E-state index in [1.165, 1.54) is 30.7 Å². The number of nitrogens with zero attached hydrogens (tertiary/aromatic N) is 4. The molecule has 0 aliphatic heterocycles. The second-order valence-electron chi connectivity index (χ2n) is 6.90. The van der Waals surface area contributed by atoms with Gasteiger partial charge in [0.25, 0.3) is 0 Å². The Morgan fingerprint density at radius 2 is 2.00 bits per heavy atom. The number of ether oxygens (including phenoxy) is 1.